The summed E-state index contributed by atoms with van der Waals surface area (Å²) in [5, 5.41) is 7.79. The van der Waals surface area contributed by atoms with Crippen molar-refractivity contribution in [2.45, 2.75) is 45.4 Å². The lowest BCUT2D eigenvalue weighted by atomic mass is 9.76. The molecule has 2 unspecified atom stereocenters. The Morgan fingerprint density at radius 3 is 2.78 bits per heavy atom. The molecule has 2 atom stereocenters. The van der Waals surface area contributed by atoms with Crippen molar-refractivity contribution in [2.75, 3.05) is 13.1 Å². The number of nitrogens with one attached hydrogen (secondary N) is 1. The molecule has 0 saturated heterocycles. The van der Waals surface area contributed by atoms with Crippen molar-refractivity contribution in [3.63, 3.8) is 0 Å². The van der Waals surface area contributed by atoms with Crippen LogP contribution in [0.3, 0.4) is 0 Å². The molecule has 0 bridgehead atoms. The van der Waals surface area contributed by atoms with Gasteiger partial charge in [-0.1, -0.05) is 26.2 Å². The van der Waals surface area contributed by atoms with Crippen molar-refractivity contribution in [1.82, 2.24) is 15.1 Å². The van der Waals surface area contributed by atoms with E-state index in [9.17, 15) is 0 Å². The number of aryl methyl sites for hydroxylation is 2. The van der Waals surface area contributed by atoms with E-state index in [4.69, 9.17) is 0 Å². The fraction of sp³-hybridized carbons (Fsp3) is 0.800. The van der Waals surface area contributed by atoms with Crippen LogP contribution in [0.1, 0.15) is 44.6 Å². The Hall–Kier alpha value is -0.830. The van der Waals surface area contributed by atoms with Crippen LogP contribution in [-0.2, 0) is 13.5 Å². The molecule has 3 nitrogen and oxygen atoms in total. The molecule has 0 spiro atoms. The minimum Gasteiger partial charge on any atom is -0.317 e. The van der Waals surface area contributed by atoms with Gasteiger partial charge in [0.1, 0.15) is 0 Å². The zero-order valence-electron chi connectivity index (χ0n) is 11.9. The molecule has 0 aliphatic heterocycles. The fourth-order valence-corrected chi connectivity index (χ4v) is 3.22. The van der Waals surface area contributed by atoms with Crippen LogP contribution in [0.5, 0.6) is 0 Å². The molecule has 0 radical (unpaired) electrons. The summed E-state index contributed by atoms with van der Waals surface area (Å²) in [5.74, 6) is 1.81. The van der Waals surface area contributed by atoms with Crippen molar-refractivity contribution in [3.05, 3.63) is 18.0 Å². The molecule has 1 fully saturated rings. The minimum atomic E-state index is 0.898. The molecule has 1 aliphatic carbocycles. The normalized spacial score (nSPS) is 24.3. The fourth-order valence-electron chi connectivity index (χ4n) is 3.22. The van der Waals surface area contributed by atoms with Gasteiger partial charge in [0, 0.05) is 13.2 Å². The van der Waals surface area contributed by atoms with Crippen molar-refractivity contribution in [2.24, 2.45) is 18.9 Å². The summed E-state index contributed by atoms with van der Waals surface area (Å²) in [6.45, 7) is 4.52. The van der Waals surface area contributed by atoms with E-state index in [-0.39, 0.29) is 0 Å². The lowest BCUT2D eigenvalue weighted by Crippen LogP contribution is -2.30. The highest BCUT2D eigenvalue weighted by Crippen LogP contribution is 2.32. The summed E-state index contributed by atoms with van der Waals surface area (Å²) in [6.07, 6.45) is 12.4. The monoisotopic (exact) mass is 249 g/mol. The molecule has 1 heterocycles. The molecule has 3 heteroatoms. The van der Waals surface area contributed by atoms with Crippen molar-refractivity contribution in [3.8, 4) is 0 Å². The summed E-state index contributed by atoms with van der Waals surface area (Å²) >= 11 is 0. The standard InChI is InChI=1S/C15H27N3/c1-3-16-11-15-7-5-4-6-14(15)9-8-13-10-17-18(2)12-13/h10,12,14-16H,3-9,11H2,1-2H3. The highest BCUT2D eigenvalue weighted by Gasteiger charge is 2.24. The van der Waals surface area contributed by atoms with Gasteiger partial charge in [-0.15, -0.1) is 0 Å². The first-order chi connectivity index (χ1) is 8.79. The van der Waals surface area contributed by atoms with E-state index >= 15 is 0 Å². The van der Waals surface area contributed by atoms with Crippen molar-refractivity contribution in [1.29, 1.82) is 0 Å². The average molecular weight is 249 g/mol. The third-order valence-corrected chi connectivity index (χ3v) is 4.29. The summed E-state index contributed by atoms with van der Waals surface area (Å²) in [4.78, 5) is 0. The highest BCUT2D eigenvalue weighted by molar-refractivity contribution is 5.03. The Labute approximate surface area is 111 Å². The van der Waals surface area contributed by atoms with Crippen LogP contribution < -0.4 is 5.32 Å². The van der Waals surface area contributed by atoms with Gasteiger partial charge in [0.2, 0.25) is 0 Å². The Morgan fingerprint density at radius 1 is 1.33 bits per heavy atom. The molecule has 0 amide bonds. The summed E-state index contributed by atoms with van der Waals surface area (Å²) in [6, 6.07) is 0. The smallest absolute Gasteiger partial charge is 0.0521 e. The van der Waals surface area contributed by atoms with Crippen LogP contribution in [0.4, 0.5) is 0 Å². The quantitative estimate of drug-likeness (QED) is 0.840. The Bertz CT molecular complexity index is 345. The van der Waals surface area contributed by atoms with E-state index in [1.807, 2.05) is 17.9 Å². The molecule has 1 aromatic rings. The number of rotatable bonds is 6. The molecule has 1 saturated carbocycles. The third-order valence-electron chi connectivity index (χ3n) is 4.29. The summed E-state index contributed by atoms with van der Waals surface area (Å²) in [7, 11) is 2.00. The maximum atomic E-state index is 4.25. The van der Waals surface area contributed by atoms with E-state index in [1.165, 1.54) is 50.6 Å². The van der Waals surface area contributed by atoms with Gasteiger partial charge in [0.25, 0.3) is 0 Å². The lowest BCUT2D eigenvalue weighted by molar-refractivity contribution is 0.219. The van der Waals surface area contributed by atoms with E-state index in [2.05, 4.69) is 23.5 Å². The number of aromatic nitrogens is 2. The van der Waals surface area contributed by atoms with E-state index in [0.717, 1.165) is 18.4 Å². The molecule has 1 aromatic heterocycles. The largest absolute Gasteiger partial charge is 0.317 e. The van der Waals surface area contributed by atoms with Crippen molar-refractivity contribution >= 4 is 0 Å². The highest BCUT2D eigenvalue weighted by atomic mass is 15.2. The van der Waals surface area contributed by atoms with Crippen LogP contribution in [0, 0.1) is 11.8 Å². The Kier molecular flexibility index (Phi) is 5.24. The molecule has 18 heavy (non-hydrogen) atoms. The zero-order valence-corrected chi connectivity index (χ0v) is 11.9. The van der Waals surface area contributed by atoms with Gasteiger partial charge in [0.15, 0.2) is 0 Å². The predicted molar refractivity (Wildman–Crippen MR) is 75.5 cm³/mol. The second-order valence-corrected chi connectivity index (χ2v) is 5.67. The zero-order chi connectivity index (χ0) is 12.8. The lowest BCUT2D eigenvalue weighted by Gasteiger charge is -2.31. The molecular formula is C15H27N3. The van der Waals surface area contributed by atoms with E-state index in [0.29, 0.717) is 0 Å². The molecule has 102 valence electrons. The molecule has 0 aromatic carbocycles. The van der Waals surface area contributed by atoms with Gasteiger partial charge >= 0.3 is 0 Å². The molecule has 2 rings (SSSR count). The second-order valence-electron chi connectivity index (χ2n) is 5.67. The number of nitrogens with zero attached hydrogens (tertiary/aromatic N) is 2. The van der Waals surface area contributed by atoms with Gasteiger partial charge in [-0.05, 0) is 49.8 Å². The molecule has 1 aliphatic rings. The first kappa shape index (κ1) is 13.6. The van der Waals surface area contributed by atoms with E-state index < -0.39 is 0 Å². The Morgan fingerprint density at radius 2 is 2.11 bits per heavy atom. The van der Waals surface area contributed by atoms with Crippen molar-refractivity contribution < 1.29 is 0 Å². The predicted octanol–water partition coefficient (Wildman–Crippen LogP) is 2.77. The van der Waals surface area contributed by atoms with Gasteiger partial charge < -0.3 is 5.32 Å². The first-order valence-corrected chi connectivity index (χ1v) is 7.48. The van der Waals surface area contributed by atoms with E-state index in [1.54, 1.807) is 0 Å². The molecular weight excluding hydrogens is 222 g/mol. The third kappa shape index (κ3) is 3.84. The topological polar surface area (TPSA) is 29.9 Å². The van der Waals surface area contributed by atoms with Gasteiger partial charge in [0.05, 0.1) is 6.20 Å². The second kappa shape index (κ2) is 6.93. The molecule has 1 N–H and O–H groups in total. The van der Waals surface area contributed by atoms with Crippen LogP contribution in [0.15, 0.2) is 12.4 Å². The van der Waals surface area contributed by atoms with Gasteiger partial charge in [-0.25, -0.2) is 0 Å². The maximum absolute atomic E-state index is 4.25. The van der Waals surface area contributed by atoms with Crippen LogP contribution >= 0.6 is 0 Å². The first-order valence-electron chi connectivity index (χ1n) is 7.48. The number of hydrogen-bond acceptors (Lipinski definition) is 2. The van der Waals surface area contributed by atoms with Crippen LogP contribution in [0.25, 0.3) is 0 Å². The number of hydrogen-bond donors (Lipinski definition) is 1. The van der Waals surface area contributed by atoms with Crippen LogP contribution in [-0.4, -0.2) is 22.9 Å². The SMILES string of the molecule is CCNCC1CCCCC1CCc1cnn(C)c1. The Balaban J connectivity index is 1.81. The average Bonchev–Trinajstić information content (AvgIpc) is 2.81. The van der Waals surface area contributed by atoms with Gasteiger partial charge in [-0.2, -0.15) is 5.10 Å². The summed E-state index contributed by atoms with van der Waals surface area (Å²) in [5.41, 5.74) is 1.39. The minimum absolute atomic E-state index is 0.898. The van der Waals surface area contributed by atoms with Gasteiger partial charge in [-0.3, -0.25) is 4.68 Å². The summed E-state index contributed by atoms with van der Waals surface area (Å²) < 4.78 is 1.91. The maximum Gasteiger partial charge on any atom is 0.0521 e. The van der Waals surface area contributed by atoms with Crippen LogP contribution in [0.2, 0.25) is 0 Å².